The molecular formula is C19H30N2. The predicted octanol–water partition coefficient (Wildman–Crippen LogP) is 4.13. The van der Waals surface area contributed by atoms with Crippen molar-refractivity contribution in [3.63, 3.8) is 0 Å². The largest absolute Gasteiger partial charge is 0.364 e. The number of nitrogens with two attached hydrogens (primary N) is 1. The highest BCUT2D eigenvalue weighted by Gasteiger charge is 2.40. The van der Waals surface area contributed by atoms with E-state index in [1.807, 2.05) is 0 Å². The molecule has 0 amide bonds. The first-order chi connectivity index (χ1) is 10.3. The van der Waals surface area contributed by atoms with Crippen LogP contribution in [0.15, 0.2) is 24.3 Å². The fraction of sp³-hybridized carbons (Fsp3) is 0.684. The number of aryl methyl sites for hydroxylation is 1. The van der Waals surface area contributed by atoms with Crippen molar-refractivity contribution >= 4 is 5.69 Å². The molecule has 1 heterocycles. The molecule has 2 nitrogen and oxygen atoms in total. The Balaban J connectivity index is 1.96. The Kier molecular flexibility index (Phi) is 4.54. The lowest BCUT2D eigenvalue weighted by molar-refractivity contribution is 0.211. The van der Waals surface area contributed by atoms with Gasteiger partial charge in [-0.2, -0.15) is 0 Å². The number of para-hydroxylation sites is 1. The highest BCUT2D eigenvalue weighted by atomic mass is 15.2. The summed E-state index contributed by atoms with van der Waals surface area (Å²) in [6.45, 7) is 4.33. The van der Waals surface area contributed by atoms with E-state index in [-0.39, 0.29) is 5.54 Å². The monoisotopic (exact) mass is 286 g/mol. The zero-order valence-electron chi connectivity index (χ0n) is 13.5. The normalized spacial score (nSPS) is 29.8. The van der Waals surface area contributed by atoms with E-state index in [9.17, 15) is 0 Å². The van der Waals surface area contributed by atoms with E-state index in [0.717, 1.165) is 12.5 Å². The average molecular weight is 286 g/mol. The number of hydrogen-bond donors (Lipinski definition) is 1. The molecule has 0 spiro atoms. The second-order valence-corrected chi connectivity index (χ2v) is 7.04. The summed E-state index contributed by atoms with van der Waals surface area (Å²) in [4.78, 5) is 2.71. The number of rotatable bonds is 3. The molecule has 1 aromatic carbocycles. The summed E-state index contributed by atoms with van der Waals surface area (Å²) in [5.41, 5.74) is 9.56. The lowest BCUT2D eigenvalue weighted by Crippen LogP contribution is -2.57. The van der Waals surface area contributed by atoms with Gasteiger partial charge in [-0.25, -0.2) is 0 Å². The van der Waals surface area contributed by atoms with E-state index in [1.54, 1.807) is 0 Å². The van der Waals surface area contributed by atoms with E-state index in [1.165, 1.54) is 69.2 Å². The van der Waals surface area contributed by atoms with Crippen LogP contribution in [0.2, 0.25) is 0 Å². The van der Waals surface area contributed by atoms with Crippen LogP contribution >= 0.6 is 0 Å². The highest BCUT2D eigenvalue weighted by Crippen LogP contribution is 2.42. The van der Waals surface area contributed by atoms with Crippen LogP contribution in [-0.4, -0.2) is 18.6 Å². The fourth-order valence-corrected chi connectivity index (χ4v) is 4.53. The van der Waals surface area contributed by atoms with Gasteiger partial charge in [0, 0.05) is 18.8 Å². The Morgan fingerprint density at radius 3 is 2.90 bits per heavy atom. The highest BCUT2D eigenvalue weighted by molar-refractivity contribution is 5.57. The van der Waals surface area contributed by atoms with Gasteiger partial charge in [0.1, 0.15) is 0 Å². The van der Waals surface area contributed by atoms with Crippen LogP contribution < -0.4 is 10.6 Å². The minimum absolute atomic E-state index is 0.208. The maximum atomic E-state index is 6.35. The first-order valence-electron chi connectivity index (χ1n) is 8.85. The molecule has 2 unspecified atom stereocenters. The molecule has 0 aromatic heterocycles. The van der Waals surface area contributed by atoms with Gasteiger partial charge in [-0.3, -0.25) is 0 Å². The molecule has 1 aliphatic carbocycles. The van der Waals surface area contributed by atoms with Crippen molar-refractivity contribution in [2.24, 2.45) is 11.7 Å². The molecule has 2 aliphatic rings. The standard InChI is InChI=1S/C19H30N2/c1-2-16-8-7-12-19(14-16,15-20)21-13-6-5-10-17-9-3-4-11-18(17)21/h3-4,9,11,16H,2,5-8,10,12-15,20H2,1H3. The van der Waals surface area contributed by atoms with Gasteiger partial charge in [0.2, 0.25) is 0 Å². The van der Waals surface area contributed by atoms with Gasteiger partial charge in [-0.1, -0.05) is 44.4 Å². The first kappa shape index (κ1) is 14.9. The second kappa shape index (κ2) is 6.39. The van der Waals surface area contributed by atoms with Gasteiger partial charge in [-0.15, -0.1) is 0 Å². The molecule has 2 heteroatoms. The molecule has 1 aliphatic heterocycles. The van der Waals surface area contributed by atoms with Crippen molar-refractivity contribution in [3.05, 3.63) is 29.8 Å². The van der Waals surface area contributed by atoms with Crippen LogP contribution in [0.25, 0.3) is 0 Å². The van der Waals surface area contributed by atoms with Crippen molar-refractivity contribution in [1.29, 1.82) is 0 Å². The molecule has 0 bridgehead atoms. The molecule has 0 radical (unpaired) electrons. The third-order valence-electron chi connectivity index (χ3n) is 5.81. The number of fused-ring (bicyclic) bond motifs is 1. The number of nitrogens with zero attached hydrogens (tertiary/aromatic N) is 1. The van der Waals surface area contributed by atoms with Gasteiger partial charge in [0.05, 0.1) is 5.54 Å². The SMILES string of the molecule is CCC1CCCC(CN)(N2CCCCc3ccccc32)C1. The number of benzene rings is 1. The van der Waals surface area contributed by atoms with Crippen LogP contribution in [0.4, 0.5) is 5.69 Å². The lowest BCUT2D eigenvalue weighted by atomic mass is 9.73. The molecule has 2 N–H and O–H groups in total. The van der Waals surface area contributed by atoms with E-state index in [4.69, 9.17) is 5.73 Å². The molecule has 3 rings (SSSR count). The molecule has 0 saturated heterocycles. The van der Waals surface area contributed by atoms with Crippen molar-refractivity contribution in [3.8, 4) is 0 Å². The van der Waals surface area contributed by atoms with Crippen LogP contribution in [0.1, 0.15) is 57.4 Å². The van der Waals surface area contributed by atoms with Gasteiger partial charge in [0.15, 0.2) is 0 Å². The third-order valence-corrected chi connectivity index (χ3v) is 5.81. The van der Waals surface area contributed by atoms with Crippen LogP contribution in [0.3, 0.4) is 0 Å². The predicted molar refractivity (Wildman–Crippen MR) is 90.8 cm³/mol. The molecular weight excluding hydrogens is 256 g/mol. The zero-order valence-corrected chi connectivity index (χ0v) is 13.5. The Bertz CT molecular complexity index is 470. The summed E-state index contributed by atoms with van der Waals surface area (Å²) < 4.78 is 0. The maximum absolute atomic E-state index is 6.35. The lowest BCUT2D eigenvalue weighted by Gasteiger charge is -2.49. The van der Waals surface area contributed by atoms with Gasteiger partial charge < -0.3 is 10.6 Å². The minimum Gasteiger partial charge on any atom is -0.364 e. The van der Waals surface area contributed by atoms with Gasteiger partial charge in [0.25, 0.3) is 0 Å². The zero-order chi connectivity index (χ0) is 14.7. The molecule has 116 valence electrons. The molecule has 1 saturated carbocycles. The summed E-state index contributed by atoms with van der Waals surface area (Å²) in [7, 11) is 0. The summed E-state index contributed by atoms with van der Waals surface area (Å²) in [5.74, 6) is 0.859. The Morgan fingerprint density at radius 2 is 2.10 bits per heavy atom. The van der Waals surface area contributed by atoms with E-state index < -0.39 is 0 Å². The summed E-state index contributed by atoms with van der Waals surface area (Å²) >= 11 is 0. The third kappa shape index (κ3) is 2.83. The fourth-order valence-electron chi connectivity index (χ4n) is 4.53. The summed E-state index contributed by atoms with van der Waals surface area (Å²) in [6.07, 6.45) is 10.4. The smallest absolute Gasteiger partial charge is 0.0526 e. The van der Waals surface area contributed by atoms with Crippen LogP contribution in [0.5, 0.6) is 0 Å². The van der Waals surface area contributed by atoms with Gasteiger partial charge in [-0.05, 0) is 49.7 Å². The van der Waals surface area contributed by atoms with Crippen LogP contribution in [-0.2, 0) is 6.42 Å². The van der Waals surface area contributed by atoms with Crippen molar-refractivity contribution in [1.82, 2.24) is 0 Å². The van der Waals surface area contributed by atoms with Crippen molar-refractivity contribution < 1.29 is 0 Å². The van der Waals surface area contributed by atoms with E-state index >= 15 is 0 Å². The Morgan fingerprint density at radius 1 is 1.24 bits per heavy atom. The first-order valence-corrected chi connectivity index (χ1v) is 8.85. The minimum atomic E-state index is 0.208. The van der Waals surface area contributed by atoms with Crippen LogP contribution in [0, 0.1) is 5.92 Å². The van der Waals surface area contributed by atoms with Crippen molar-refractivity contribution in [2.75, 3.05) is 18.0 Å². The molecule has 1 fully saturated rings. The topological polar surface area (TPSA) is 29.3 Å². The Hall–Kier alpha value is -1.02. The average Bonchev–Trinajstić information content (AvgIpc) is 2.77. The summed E-state index contributed by atoms with van der Waals surface area (Å²) in [6, 6.07) is 9.03. The molecule has 21 heavy (non-hydrogen) atoms. The molecule has 1 aromatic rings. The molecule has 2 atom stereocenters. The van der Waals surface area contributed by atoms with Crippen molar-refractivity contribution in [2.45, 2.75) is 63.8 Å². The van der Waals surface area contributed by atoms with Gasteiger partial charge >= 0.3 is 0 Å². The maximum Gasteiger partial charge on any atom is 0.0526 e. The quantitative estimate of drug-likeness (QED) is 0.905. The van der Waals surface area contributed by atoms with E-state index in [2.05, 4.69) is 36.1 Å². The Labute approximate surface area is 129 Å². The van der Waals surface area contributed by atoms with E-state index in [0.29, 0.717) is 0 Å². The number of hydrogen-bond acceptors (Lipinski definition) is 2. The number of anilines is 1. The summed E-state index contributed by atoms with van der Waals surface area (Å²) in [5, 5.41) is 0. The second-order valence-electron chi connectivity index (χ2n) is 7.04.